The van der Waals surface area contributed by atoms with Crippen molar-refractivity contribution < 1.29 is 4.74 Å². The normalized spacial score (nSPS) is 24.1. The zero-order valence-corrected chi connectivity index (χ0v) is 11.3. The van der Waals surface area contributed by atoms with E-state index in [9.17, 15) is 0 Å². The number of ether oxygens (including phenoxy) is 1. The van der Waals surface area contributed by atoms with Crippen LogP contribution >= 0.6 is 11.3 Å². The van der Waals surface area contributed by atoms with Gasteiger partial charge in [-0.2, -0.15) is 0 Å². The summed E-state index contributed by atoms with van der Waals surface area (Å²) in [5.41, 5.74) is 2.31. The second-order valence-corrected chi connectivity index (χ2v) is 5.73. The smallest absolute Gasteiger partial charge is 0.0965 e. The highest BCUT2D eigenvalue weighted by atomic mass is 32.1. The number of aromatic nitrogens is 1. The standard InChI is InChI=1S/C15H17NOS/c1-11-9-13(7-8-17-11)15-16-14(10-18-15)12-5-3-2-4-6-12/h2-6,10-11,13H,7-9H2,1H3/t11-,13+/m0/s1. The quantitative estimate of drug-likeness (QED) is 0.810. The van der Waals surface area contributed by atoms with E-state index in [0.29, 0.717) is 12.0 Å². The highest BCUT2D eigenvalue weighted by molar-refractivity contribution is 7.10. The van der Waals surface area contributed by atoms with E-state index in [2.05, 4.69) is 36.6 Å². The van der Waals surface area contributed by atoms with Gasteiger partial charge in [0.05, 0.1) is 16.8 Å². The third-order valence-corrected chi connectivity index (χ3v) is 4.43. The summed E-state index contributed by atoms with van der Waals surface area (Å²) in [5.74, 6) is 0.580. The summed E-state index contributed by atoms with van der Waals surface area (Å²) in [4.78, 5) is 4.80. The van der Waals surface area contributed by atoms with Crippen LogP contribution in [0, 0.1) is 0 Å². The van der Waals surface area contributed by atoms with Gasteiger partial charge in [0.25, 0.3) is 0 Å². The SMILES string of the molecule is C[C@H]1C[C@H](c2nc(-c3ccccc3)cs2)CCO1. The maximum Gasteiger partial charge on any atom is 0.0965 e. The van der Waals surface area contributed by atoms with E-state index in [1.807, 2.05) is 6.07 Å². The molecule has 1 fully saturated rings. The van der Waals surface area contributed by atoms with E-state index in [4.69, 9.17) is 9.72 Å². The molecular weight excluding hydrogens is 242 g/mol. The molecule has 1 aromatic heterocycles. The molecule has 0 unspecified atom stereocenters. The lowest BCUT2D eigenvalue weighted by molar-refractivity contribution is 0.0186. The Morgan fingerprint density at radius 1 is 1.28 bits per heavy atom. The van der Waals surface area contributed by atoms with Crippen LogP contribution in [0.15, 0.2) is 35.7 Å². The van der Waals surface area contributed by atoms with Crippen molar-refractivity contribution in [3.63, 3.8) is 0 Å². The van der Waals surface area contributed by atoms with Crippen molar-refractivity contribution >= 4 is 11.3 Å². The van der Waals surface area contributed by atoms with Crippen LogP contribution in [-0.4, -0.2) is 17.7 Å². The van der Waals surface area contributed by atoms with Crippen molar-refractivity contribution in [2.75, 3.05) is 6.61 Å². The molecule has 3 heteroatoms. The first-order chi connectivity index (χ1) is 8.83. The lowest BCUT2D eigenvalue weighted by Gasteiger charge is -2.25. The average Bonchev–Trinajstić information content (AvgIpc) is 2.89. The van der Waals surface area contributed by atoms with Gasteiger partial charge in [0.1, 0.15) is 0 Å². The summed E-state index contributed by atoms with van der Waals surface area (Å²) in [6, 6.07) is 10.4. The Morgan fingerprint density at radius 3 is 2.89 bits per heavy atom. The van der Waals surface area contributed by atoms with Crippen LogP contribution in [0.4, 0.5) is 0 Å². The second-order valence-electron chi connectivity index (χ2n) is 4.84. The van der Waals surface area contributed by atoms with Crippen LogP contribution in [0.1, 0.15) is 30.7 Å². The van der Waals surface area contributed by atoms with Crippen LogP contribution in [0.5, 0.6) is 0 Å². The molecule has 1 aromatic carbocycles. The summed E-state index contributed by atoms with van der Waals surface area (Å²) in [6.07, 6.45) is 2.57. The topological polar surface area (TPSA) is 22.1 Å². The molecule has 2 atom stereocenters. The Hall–Kier alpha value is -1.19. The van der Waals surface area contributed by atoms with Gasteiger partial charge in [-0.1, -0.05) is 30.3 Å². The molecule has 2 heterocycles. The van der Waals surface area contributed by atoms with Crippen molar-refractivity contribution in [1.29, 1.82) is 0 Å². The summed E-state index contributed by atoms with van der Waals surface area (Å²) in [5, 5.41) is 3.44. The van der Waals surface area contributed by atoms with Crippen LogP contribution in [0.2, 0.25) is 0 Å². The highest BCUT2D eigenvalue weighted by Gasteiger charge is 2.23. The first-order valence-electron chi connectivity index (χ1n) is 6.45. The Morgan fingerprint density at radius 2 is 2.11 bits per heavy atom. The predicted octanol–water partition coefficient (Wildman–Crippen LogP) is 4.09. The molecule has 1 aliphatic rings. The van der Waals surface area contributed by atoms with Crippen LogP contribution in [0.25, 0.3) is 11.3 Å². The minimum absolute atomic E-state index is 0.368. The van der Waals surface area contributed by atoms with Crippen LogP contribution in [0.3, 0.4) is 0 Å². The number of hydrogen-bond donors (Lipinski definition) is 0. The second kappa shape index (κ2) is 5.21. The Bertz CT molecular complexity index is 508. The largest absolute Gasteiger partial charge is 0.378 e. The first kappa shape index (κ1) is 11.9. The van der Waals surface area contributed by atoms with E-state index >= 15 is 0 Å². The number of benzene rings is 1. The molecule has 0 bridgehead atoms. The maximum absolute atomic E-state index is 5.60. The molecule has 0 aliphatic carbocycles. The lowest BCUT2D eigenvalue weighted by Crippen LogP contribution is -2.21. The molecule has 0 amide bonds. The third kappa shape index (κ3) is 2.47. The lowest BCUT2D eigenvalue weighted by atomic mass is 9.97. The van der Waals surface area contributed by atoms with Gasteiger partial charge in [-0.3, -0.25) is 0 Å². The Labute approximate surface area is 112 Å². The molecule has 1 aliphatic heterocycles. The summed E-state index contributed by atoms with van der Waals surface area (Å²) >= 11 is 1.79. The molecule has 1 saturated heterocycles. The minimum atomic E-state index is 0.368. The van der Waals surface area contributed by atoms with Crippen molar-refractivity contribution in [2.45, 2.75) is 31.8 Å². The molecule has 0 radical (unpaired) electrons. The molecule has 18 heavy (non-hydrogen) atoms. The molecule has 2 aromatic rings. The highest BCUT2D eigenvalue weighted by Crippen LogP contribution is 2.33. The van der Waals surface area contributed by atoms with Crippen molar-refractivity contribution in [3.8, 4) is 11.3 Å². The number of thiazole rings is 1. The number of hydrogen-bond acceptors (Lipinski definition) is 3. The van der Waals surface area contributed by atoms with Gasteiger partial charge in [-0.05, 0) is 19.8 Å². The summed E-state index contributed by atoms with van der Waals surface area (Å²) in [6.45, 7) is 3.02. The average molecular weight is 259 g/mol. The van der Waals surface area contributed by atoms with E-state index in [1.54, 1.807) is 11.3 Å². The summed E-state index contributed by atoms with van der Waals surface area (Å²) < 4.78 is 5.60. The zero-order valence-electron chi connectivity index (χ0n) is 10.5. The van der Waals surface area contributed by atoms with Gasteiger partial charge < -0.3 is 4.74 Å². The molecule has 2 nitrogen and oxygen atoms in total. The van der Waals surface area contributed by atoms with Gasteiger partial charge in [-0.15, -0.1) is 11.3 Å². The van der Waals surface area contributed by atoms with Gasteiger partial charge in [0.15, 0.2) is 0 Å². The monoisotopic (exact) mass is 259 g/mol. The molecular formula is C15H17NOS. The molecule has 0 N–H and O–H groups in total. The fourth-order valence-electron chi connectivity index (χ4n) is 2.44. The van der Waals surface area contributed by atoms with Gasteiger partial charge in [-0.25, -0.2) is 4.98 Å². The number of rotatable bonds is 2. The van der Waals surface area contributed by atoms with Gasteiger partial charge in [0, 0.05) is 23.5 Å². The van der Waals surface area contributed by atoms with Gasteiger partial charge >= 0.3 is 0 Å². The van der Waals surface area contributed by atoms with E-state index in [0.717, 1.165) is 25.1 Å². The maximum atomic E-state index is 5.60. The molecule has 94 valence electrons. The van der Waals surface area contributed by atoms with Crippen LogP contribution in [-0.2, 0) is 4.74 Å². The molecule has 0 saturated carbocycles. The van der Waals surface area contributed by atoms with E-state index in [-0.39, 0.29) is 0 Å². The third-order valence-electron chi connectivity index (χ3n) is 3.43. The van der Waals surface area contributed by atoms with E-state index < -0.39 is 0 Å². The fourth-order valence-corrected chi connectivity index (χ4v) is 3.42. The van der Waals surface area contributed by atoms with Crippen molar-refractivity contribution in [2.24, 2.45) is 0 Å². The predicted molar refractivity (Wildman–Crippen MR) is 74.9 cm³/mol. The Kier molecular flexibility index (Phi) is 3.43. The van der Waals surface area contributed by atoms with Gasteiger partial charge in [0.2, 0.25) is 0 Å². The molecule has 0 spiro atoms. The van der Waals surface area contributed by atoms with Crippen molar-refractivity contribution in [1.82, 2.24) is 4.98 Å². The molecule has 3 rings (SSSR count). The fraction of sp³-hybridized carbons (Fsp3) is 0.400. The van der Waals surface area contributed by atoms with E-state index in [1.165, 1.54) is 10.6 Å². The Balaban J connectivity index is 1.81. The van der Waals surface area contributed by atoms with Crippen LogP contribution < -0.4 is 0 Å². The summed E-state index contributed by atoms with van der Waals surface area (Å²) in [7, 11) is 0. The minimum Gasteiger partial charge on any atom is -0.378 e. The number of nitrogens with zero attached hydrogens (tertiary/aromatic N) is 1. The zero-order chi connectivity index (χ0) is 12.4. The van der Waals surface area contributed by atoms with Crippen molar-refractivity contribution in [3.05, 3.63) is 40.7 Å². The first-order valence-corrected chi connectivity index (χ1v) is 7.33.